The van der Waals surface area contributed by atoms with Crippen molar-refractivity contribution in [3.05, 3.63) is 123 Å². The van der Waals surface area contributed by atoms with Gasteiger partial charge in [-0.05, 0) is 104 Å². The molecule has 0 amide bonds. The molecule has 5 aliphatic rings. The van der Waals surface area contributed by atoms with Crippen LogP contribution < -0.4 is 9.47 Å². The minimum atomic E-state index is -0.239. The fourth-order valence-corrected chi connectivity index (χ4v) is 8.74. The molecule has 0 spiro atoms. The maximum atomic E-state index is 5.96. The first-order chi connectivity index (χ1) is 30.1. The second kappa shape index (κ2) is 19.4. The number of hydrogen-bond donors (Lipinski definition) is 0. The van der Waals surface area contributed by atoms with Crippen molar-refractivity contribution in [1.82, 2.24) is 39.2 Å². The lowest BCUT2D eigenvalue weighted by atomic mass is 9.75. The molecule has 0 atom stereocenters. The molecule has 1 saturated heterocycles. The Labute approximate surface area is 378 Å². The third-order valence-corrected chi connectivity index (χ3v) is 13.1. The Kier molecular flexibility index (Phi) is 13.8. The van der Waals surface area contributed by atoms with E-state index in [0.717, 1.165) is 122 Å². The number of halogens is 1. The average molecular weight is 919 g/mol. The summed E-state index contributed by atoms with van der Waals surface area (Å²) in [5.74, 6) is 4.02. The fourth-order valence-electron chi connectivity index (χ4n) is 8.37. The van der Waals surface area contributed by atoms with Gasteiger partial charge in [-0.3, -0.25) is 8.80 Å². The summed E-state index contributed by atoms with van der Waals surface area (Å²) >= 11 is 3.44. The van der Waals surface area contributed by atoms with Gasteiger partial charge in [-0.1, -0.05) is 44.8 Å². The maximum Gasteiger partial charge on any atom is 0.490 e. The monoisotopic (exact) mass is 917 g/mol. The Morgan fingerprint density at radius 3 is 1.78 bits per heavy atom. The highest BCUT2D eigenvalue weighted by atomic mass is 79.9. The second-order valence-corrected chi connectivity index (χ2v) is 17.7. The van der Waals surface area contributed by atoms with Gasteiger partial charge in [-0.15, -0.1) is 20.4 Å². The molecule has 6 aromatic rings. The molecule has 0 bridgehead atoms. The third kappa shape index (κ3) is 9.63. The van der Waals surface area contributed by atoms with Crippen molar-refractivity contribution < 1.29 is 28.3 Å². The van der Waals surface area contributed by atoms with Crippen LogP contribution in [0.4, 0.5) is 0 Å². The maximum absolute atomic E-state index is 5.96. The van der Waals surface area contributed by atoms with E-state index in [0.29, 0.717) is 13.2 Å². The van der Waals surface area contributed by atoms with Crippen LogP contribution in [0.25, 0.3) is 16.9 Å². The van der Waals surface area contributed by atoms with Crippen LogP contribution in [-0.4, -0.2) is 106 Å². The number of rotatable bonds is 8. The number of hydrogen-bond acceptors (Lipinski definition) is 12. The predicted octanol–water partition coefficient (Wildman–Crippen LogP) is 5.77. The largest absolute Gasteiger partial charge is 0.493 e. The molecule has 11 rings (SSSR count). The topological polar surface area (TPSA) is 142 Å². The van der Waals surface area contributed by atoms with Crippen molar-refractivity contribution in [2.45, 2.75) is 90.3 Å². The van der Waals surface area contributed by atoms with E-state index in [1.54, 1.807) is 18.9 Å². The van der Waals surface area contributed by atoms with Gasteiger partial charge in [-0.2, -0.15) is 0 Å². The van der Waals surface area contributed by atoms with Gasteiger partial charge >= 0.3 is 7.12 Å². The Morgan fingerprint density at radius 2 is 1.21 bits per heavy atom. The number of aryl methyl sites for hydroxylation is 4. The Bertz CT molecular complexity index is 2610. The van der Waals surface area contributed by atoms with Crippen LogP contribution in [0, 0.1) is 0 Å². The van der Waals surface area contributed by atoms with Gasteiger partial charge in [0, 0.05) is 54.8 Å². The smallest absolute Gasteiger partial charge is 0.490 e. The zero-order valence-electron chi connectivity index (χ0n) is 35.8. The molecule has 14 nitrogen and oxygen atoms in total. The molecule has 0 radical (unpaired) electrons. The minimum Gasteiger partial charge on any atom is -0.493 e. The molecular weight excluding hydrogens is 862 g/mol. The lowest BCUT2D eigenvalue weighted by Crippen LogP contribution is -2.41. The van der Waals surface area contributed by atoms with E-state index in [2.05, 4.69) is 111 Å². The van der Waals surface area contributed by atoms with Gasteiger partial charge in [0.2, 0.25) is 0 Å². The first-order valence-electron chi connectivity index (χ1n) is 21.5. The van der Waals surface area contributed by atoms with Crippen molar-refractivity contribution in [3.63, 3.8) is 0 Å². The van der Waals surface area contributed by atoms with Gasteiger partial charge in [0.1, 0.15) is 35.8 Å². The van der Waals surface area contributed by atoms with E-state index in [-0.39, 0.29) is 26.7 Å². The quantitative estimate of drug-likeness (QED) is 0.171. The lowest BCUT2D eigenvalue weighted by molar-refractivity contribution is 0.00578. The van der Waals surface area contributed by atoms with Crippen molar-refractivity contribution in [2.75, 3.05) is 39.6 Å². The normalized spacial score (nSPS) is 18.1. The molecule has 5 aliphatic heterocycles. The zero-order chi connectivity index (χ0) is 42.7. The molecule has 0 N–H and O–H groups in total. The summed E-state index contributed by atoms with van der Waals surface area (Å²) in [5.41, 5.74) is 10.1. The number of ether oxygens (including phenoxy) is 4. The van der Waals surface area contributed by atoms with Gasteiger partial charge in [-0.25, -0.2) is 9.97 Å². The van der Waals surface area contributed by atoms with Gasteiger partial charge in [0.15, 0.2) is 11.3 Å². The van der Waals surface area contributed by atoms with Gasteiger partial charge in [0.25, 0.3) is 0 Å². The van der Waals surface area contributed by atoms with E-state index in [1.165, 1.54) is 33.3 Å². The molecule has 0 unspecified atom stereocenters. The summed E-state index contributed by atoms with van der Waals surface area (Å²) in [5, 5.41) is 16.5. The third-order valence-electron chi connectivity index (χ3n) is 12.6. The molecule has 9 heterocycles. The molecule has 0 saturated carbocycles. The highest BCUT2D eigenvalue weighted by Crippen LogP contribution is 2.39. The Hall–Kier alpha value is -4.93. The Morgan fingerprint density at radius 1 is 0.651 bits per heavy atom. The van der Waals surface area contributed by atoms with Crippen LogP contribution >= 0.6 is 15.9 Å². The summed E-state index contributed by atoms with van der Waals surface area (Å²) < 4.78 is 38.7. The highest BCUT2D eigenvalue weighted by molar-refractivity contribution is 9.10. The molecule has 330 valence electrons. The molecule has 4 aromatic heterocycles. The average Bonchev–Trinajstić information content (AvgIpc) is 4.15. The fraction of sp³-hybridized carbons (Fsp3) is 0.435. The Balaban J connectivity index is 0.000000133. The molecule has 17 heteroatoms. The summed E-state index contributed by atoms with van der Waals surface area (Å²) in [6.07, 6.45) is 18.7. The second-order valence-electron chi connectivity index (χ2n) is 16.9. The summed E-state index contributed by atoms with van der Waals surface area (Å²) in [6, 6.07) is 12.6. The molecule has 0 aliphatic carbocycles. The van der Waals surface area contributed by atoms with Crippen LogP contribution in [0.2, 0.25) is 0 Å². The van der Waals surface area contributed by atoms with Crippen LogP contribution in [0.5, 0.6) is 11.5 Å². The number of nitrogens with zero attached hydrogens (tertiary/aromatic N) is 8. The van der Waals surface area contributed by atoms with Gasteiger partial charge in [0.05, 0.1) is 55.3 Å². The van der Waals surface area contributed by atoms with Crippen molar-refractivity contribution in [2.24, 2.45) is 0 Å². The van der Waals surface area contributed by atoms with E-state index in [9.17, 15) is 0 Å². The van der Waals surface area contributed by atoms with E-state index in [1.807, 2.05) is 21.1 Å². The SMILES string of the molecule is Brc1cnc(CCc2cccc3c2CCO3)n2cnnc12.C1=C(c2cnc(CCc3cccc4c3CCO4)n3cnnc23)CCOC1.CC1(C)OB(C2=CCOCC2)OC1(C)C.[BH4-]. The lowest BCUT2D eigenvalue weighted by Gasteiger charge is -2.32. The van der Waals surface area contributed by atoms with Crippen molar-refractivity contribution in [3.8, 4) is 11.5 Å². The molecular formula is C46H56B2BrN8O6-. The van der Waals surface area contributed by atoms with Crippen molar-refractivity contribution in [1.29, 1.82) is 0 Å². The predicted molar refractivity (Wildman–Crippen MR) is 250 cm³/mol. The first-order valence-corrected chi connectivity index (χ1v) is 22.3. The van der Waals surface area contributed by atoms with E-state index in [4.69, 9.17) is 33.2 Å². The van der Waals surface area contributed by atoms with Crippen LogP contribution in [0.15, 0.2) is 83.5 Å². The summed E-state index contributed by atoms with van der Waals surface area (Å²) in [4.78, 5) is 9.23. The van der Waals surface area contributed by atoms with E-state index >= 15 is 0 Å². The minimum absolute atomic E-state index is 0. The number of fused-ring (bicyclic) bond motifs is 4. The summed E-state index contributed by atoms with van der Waals surface area (Å²) in [7, 11) is -0.182. The highest BCUT2D eigenvalue weighted by Gasteiger charge is 2.52. The zero-order valence-corrected chi connectivity index (χ0v) is 37.4. The van der Waals surface area contributed by atoms with Gasteiger partial charge < -0.3 is 28.3 Å². The van der Waals surface area contributed by atoms with Crippen LogP contribution in [-0.2, 0) is 57.3 Å². The molecule has 2 aromatic carbocycles. The number of benzene rings is 2. The van der Waals surface area contributed by atoms with Crippen LogP contribution in [0.3, 0.4) is 0 Å². The number of aromatic nitrogens is 8. The summed E-state index contributed by atoms with van der Waals surface area (Å²) in [6.45, 7) is 12.7. The molecule has 63 heavy (non-hydrogen) atoms. The van der Waals surface area contributed by atoms with Crippen molar-refractivity contribution >= 4 is 48.3 Å². The standard InChI is InChI=1S/C20H20N4O2.C15H13BrN4O.C11H19BO3.BH4/c1-2-14(16-8-11-26-18(16)3-1)4-5-19-21-12-17(15-6-9-25-10-7-15)20-23-22-13-24(19)20;16-12-8-17-14(20-9-18-19-15(12)20)5-4-10-2-1-3-13-11(10)6-7-21-13;1-10(2)11(3,4)15-12(14-10)9-5-7-13-8-6-9;/h1-3,6,12-13H,4-5,7-11H2;1-3,8-9H,4-7H2;5H,6-8H2,1-4H3;1H4/q;;;-1. The van der Waals surface area contributed by atoms with E-state index < -0.39 is 0 Å². The van der Waals surface area contributed by atoms with Crippen LogP contribution in [0.1, 0.15) is 80.0 Å². The molecule has 1 fully saturated rings. The first kappa shape index (κ1) is 44.7.